The molecule has 3 heteroatoms. The van der Waals surface area contributed by atoms with Gasteiger partial charge in [-0.3, -0.25) is 9.69 Å². The van der Waals surface area contributed by atoms with Crippen molar-refractivity contribution < 1.29 is 9.90 Å². The topological polar surface area (TPSA) is 40.5 Å². The Morgan fingerprint density at radius 1 is 1.04 bits per heavy atom. The summed E-state index contributed by atoms with van der Waals surface area (Å²) < 4.78 is 0. The van der Waals surface area contributed by atoms with Gasteiger partial charge in [-0.05, 0) is 37.6 Å². The number of allylic oxidation sites excluding steroid dienone is 1. The molecule has 0 spiro atoms. The molecule has 1 amide bonds. The van der Waals surface area contributed by atoms with Crippen LogP contribution in [0.1, 0.15) is 24.1 Å². The lowest BCUT2D eigenvalue weighted by Gasteiger charge is -2.34. The van der Waals surface area contributed by atoms with Gasteiger partial charge in [-0.25, -0.2) is 0 Å². The van der Waals surface area contributed by atoms with Gasteiger partial charge in [0.05, 0.1) is 11.6 Å². The zero-order chi connectivity index (χ0) is 16.4. The summed E-state index contributed by atoms with van der Waals surface area (Å²) in [5.74, 6) is -0.153. The Bertz CT molecular complexity index is 769. The van der Waals surface area contributed by atoms with E-state index in [2.05, 4.69) is 0 Å². The van der Waals surface area contributed by atoms with E-state index in [-0.39, 0.29) is 17.7 Å². The third kappa shape index (κ3) is 2.90. The molecule has 0 radical (unpaired) electrons. The fourth-order valence-electron chi connectivity index (χ4n) is 2.77. The highest BCUT2D eigenvalue weighted by molar-refractivity contribution is 6.09. The Labute approximate surface area is 136 Å². The quantitative estimate of drug-likeness (QED) is 0.657. The Hall–Kier alpha value is -2.81. The lowest BCUT2D eigenvalue weighted by Crippen LogP contribution is -2.37. The molecule has 2 aromatic carbocycles. The number of hydrogen-bond donors (Lipinski definition) is 1. The molecule has 0 saturated heterocycles. The molecule has 1 atom stereocenters. The van der Waals surface area contributed by atoms with Gasteiger partial charge in [-0.2, -0.15) is 0 Å². The van der Waals surface area contributed by atoms with E-state index in [9.17, 15) is 9.90 Å². The number of nitrogens with zero attached hydrogens (tertiary/aromatic N) is 1. The summed E-state index contributed by atoms with van der Waals surface area (Å²) >= 11 is 0. The average molecular weight is 305 g/mol. The van der Waals surface area contributed by atoms with Gasteiger partial charge in [0, 0.05) is 5.69 Å². The van der Waals surface area contributed by atoms with Crippen LogP contribution in [0.25, 0.3) is 0 Å². The van der Waals surface area contributed by atoms with Crippen molar-refractivity contribution in [3.63, 3.8) is 0 Å². The summed E-state index contributed by atoms with van der Waals surface area (Å²) in [5.41, 5.74) is 3.32. The highest BCUT2D eigenvalue weighted by atomic mass is 16.3. The number of hydrogen-bond acceptors (Lipinski definition) is 2. The molecule has 0 aliphatic carbocycles. The highest BCUT2D eigenvalue weighted by Crippen LogP contribution is 2.34. The molecule has 3 rings (SSSR count). The van der Waals surface area contributed by atoms with Gasteiger partial charge in [-0.15, -0.1) is 0 Å². The Balaban J connectivity index is 2.13. The molecule has 2 aromatic rings. The molecule has 3 nitrogen and oxygen atoms in total. The number of carbonyl (C=O) groups is 1. The number of carbonyl (C=O) groups excluding carboxylic acids is 1. The highest BCUT2D eigenvalue weighted by Gasteiger charge is 2.31. The minimum Gasteiger partial charge on any atom is -0.512 e. The van der Waals surface area contributed by atoms with E-state index >= 15 is 0 Å². The minimum absolute atomic E-state index is 0.0369. The number of amides is 1. The van der Waals surface area contributed by atoms with Crippen molar-refractivity contribution in [3.05, 3.63) is 89.2 Å². The SMILES string of the molecule is C/C(O)=C1\C=CC(c2ccccc2)N(c2ccc(C)cc2)C1=O. The standard InChI is InChI=1S/C20H19NO2/c1-14-8-10-17(11-9-14)21-19(16-6-4-3-5-7-16)13-12-18(15(2)22)20(21)23/h3-13,19,22H,1-2H3/b18-15-. The predicted molar refractivity (Wildman–Crippen MR) is 92.3 cm³/mol. The summed E-state index contributed by atoms with van der Waals surface area (Å²) in [4.78, 5) is 14.6. The fraction of sp³-hybridized carbons (Fsp3) is 0.150. The van der Waals surface area contributed by atoms with E-state index in [0.29, 0.717) is 5.57 Å². The average Bonchev–Trinajstić information content (AvgIpc) is 2.56. The molecular weight excluding hydrogens is 286 g/mol. The first-order valence-electron chi connectivity index (χ1n) is 7.61. The molecule has 23 heavy (non-hydrogen) atoms. The van der Waals surface area contributed by atoms with Gasteiger partial charge >= 0.3 is 0 Å². The summed E-state index contributed by atoms with van der Waals surface area (Å²) in [6, 6.07) is 17.5. The van der Waals surface area contributed by atoms with Gasteiger partial charge in [0.25, 0.3) is 5.91 Å². The van der Waals surface area contributed by atoms with E-state index < -0.39 is 0 Å². The summed E-state index contributed by atoms with van der Waals surface area (Å²) in [6.45, 7) is 3.55. The van der Waals surface area contributed by atoms with Gasteiger partial charge in [-0.1, -0.05) is 54.1 Å². The van der Waals surface area contributed by atoms with E-state index in [4.69, 9.17) is 0 Å². The van der Waals surface area contributed by atoms with Crippen LogP contribution in [0.3, 0.4) is 0 Å². The number of anilines is 1. The van der Waals surface area contributed by atoms with Crippen molar-refractivity contribution in [1.82, 2.24) is 0 Å². The second-order valence-electron chi connectivity index (χ2n) is 5.72. The van der Waals surface area contributed by atoms with Crippen molar-refractivity contribution in [3.8, 4) is 0 Å². The summed E-state index contributed by atoms with van der Waals surface area (Å²) in [7, 11) is 0. The largest absolute Gasteiger partial charge is 0.512 e. The first-order chi connectivity index (χ1) is 11.1. The maximum Gasteiger partial charge on any atom is 0.262 e. The molecular formula is C20H19NO2. The van der Waals surface area contributed by atoms with Crippen LogP contribution in [0.4, 0.5) is 5.69 Å². The van der Waals surface area contributed by atoms with Crippen LogP contribution in [-0.4, -0.2) is 11.0 Å². The lowest BCUT2D eigenvalue weighted by molar-refractivity contribution is -0.115. The molecule has 0 saturated carbocycles. The van der Waals surface area contributed by atoms with Crippen LogP contribution in [0.5, 0.6) is 0 Å². The molecule has 1 aliphatic rings. The van der Waals surface area contributed by atoms with Crippen LogP contribution >= 0.6 is 0 Å². The van der Waals surface area contributed by atoms with E-state index in [1.165, 1.54) is 6.92 Å². The van der Waals surface area contributed by atoms with E-state index in [0.717, 1.165) is 16.8 Å². The fourth-order valence-corrected chi connectivity index (χ4v) is 2.77. The lowest BCUT2D eigenvalue weighted by atomic mass is 9.97. The van der Waals surface area contributed by atoms with Crippen LogP contribution in [0.15, 0.2) is 78.1 Å². The minimum atomic E-state index is -0.190. The van der Waals surface area contributed by atoms with Crippen LogP contribution in [-0.2, 0) is 4.79 Å². The summed E-state index contributed by atoms with van der Waals surface area (Å²) in [6.07, 6.45) is 3.66. The number of benzene rings is 2. The number of rotatable bonds is 2. The second-order valence-corrected chi connectivity index (χ2v) is 5.72. The normalized spacial score (nSPS) is 19.8. The van der Waals surface area contributed by atoms with Crippen molar-refractivity contribution in [1.29, 1.82) is 0 Å². The zero-order valence-electron chi connectivity index (χ0n) is 13.2. The summed E-state index contributed by atoms with van der Waals surface area (Å²) in [5, 5.41) is 9.79. The number of aliphatic hydroxyl groups excluding tert-OH is 1. The maximum atomic E-state index is 12.9. The predicted octanol–water partition coefficient (Wildman–Crippen LogP) is 4.47. The molecule has 0 aromatic heterocycles. The van der Waals surface area contributed by atoms with Gasteiger partial charge in [0.2, 0.25) is 0 Å². The molecule has 1 N–H and O–H groups in total. The third-order valence-corrected chi connectivity index (χ3v) is 4.02. The Kier molecular flexibility index (Phi) is 4.02. The second kappa shape index (κ2) is 6.13. The van der Waals surface area contributed by atoms with Crippen molar-refractivity contribution in [2.75, 3.05) is 4.90 Å². The van der Waals surface area contributed by atoms with Crippen molar-refractivity contribution >= 4 is 11.6 Å². The smallest absolute Gasteiger partial charge is 0.262 e. The van der Waals surface area contributed by atoms with Crippen molar-refractivity contribution in [2.45, 2.75) is 19.9 Å². The molecule has 0 fully saturated rings. The van der Waals surface area contributed by atoms with E-state index in [1.54, 1.807) is 11.0 Å². The van der Waals surface area contributed by atoms with Crippen LogP contribution in [0, 0.1) is 6.92 Å². The monoisotopic (exact) mass is 305 g/mol. The number of aryl methyl sites for hydroxylation is 1. The molecule has 1 unspecified atom stereocenters. The van der Waals surface area contributed by atoms with E-state index in [1.807, 2.05) is 67.6 Å². The Morgan fingerprint density at radius 2 is 1.70 bits per heavy atom. The maximum absolute atomic E-state index is 12.9. The molecule has 1 heterocycles. The third-order valence-electron chi connectivity index (χ3n) is 4.02. The van der Waals surface area contributed by atoms with Gasteiger partial charge in [0.15, 0.2) is 0 Å². The number of aliphatic hydroxyl groups is 1. The first-order valence-corrected chi connectivity index (χ1v) is 7.61. The molecule has 0 bridgehead atoms. The van der Waals surface area contributed by atoms with Crippen molar-refractivity contribution in [2.24, 2.45) is 0 Å². The molecule has 116 valence electrons. The van der Waals surface area contributed by atoms with Gasteiger partial charge in [0.1, 0.15) is 5.76 Å². The van der Waals surface area contributed by atoms with Crippen LogP contribution < -0.4 is 4.90 Å². The Morgan fingerprint density at radius 3 is 2.30 bits per heavy atom. The first kappa shape index (κ1) is 15.1. The van der Waals surface area contributed by atoms with Crippen LogP contribution in [0.2, 0.25) is 0 Å². The zero-order valence-corrected chi connectivity index (χ0v) is 13.2. The van der Waals surface area contributed by atoms with Gasteiger partial charge < -0.3 is 5.11 Å². The molecule has 1 aliphatic heterocycles.